The first-order chi connectivity index (χ1) is 13.9. The van der Waals surface area contributed by atoms with Crippen LogP contribution in [0, 0.1) is 6.92 Å². The molecule has 1 aliphatic rings. The van der Waals surface area contributed by atoms with Crippen molar-refractivity contribution in [2.75, 3.05) is 18.0 Å². The summed E-state index contributed by atoms with van der Waals surface area (Å²) >= 11 is 0. The van der Waals surface area contributed by atoms with Gasteiger partial charge in [0.25, 0.3) is 5.89 Å². The zero-order valence-corrected chi connectivity index (χ0v) is 15.6. The molecule has 0 spiro atoms. The van der Waals surface area contributed by atoms with E-state index in [2.05, 4.69) is 25.0 Å². The van der Waals surface area contributed by atoms with Gasteiger partial charge in [0.1, 0.15) is 0 Å². The summed E-state index contributed by atoms with van der Waals surface area (Å²) in [6.45, 7) is 3.62. The highest BCUT2D eigenvalue weighted by atomic mass is 19.4. The largest absolute Gasteiger partial charge is 0.467 e. The van der Waals surface area contributed by atoms with E-state index in [0.717, 1.165) is 43.8 Å². The zero-order chi connectivity index (χ0) is 20.4. The van der Waals surface area contributed by atoms with E-state index in [-0.39, 0.29) is 23.9 Å². The van der Waals surface area contributed by atoms with Crippen molar-refractivity contribution in [1.82, 2.24) is 20.1 Å². The van der Waals surface area contributed by atoms with Gasteiger partial charge in [0, 0.05) is 30.4 Å². The first kappa shape index (κ1) is 19.2. The van der Waals surface area contributed by atoms with Crippen LogP contribution in [-0.4, -0.2) is 33.2 Å². The minimum Gasteiger partial charge on any atom is -0.467 e. The van der Waals surface area contributed by atoms with Crippen molar-refractivity contribution in [2.24, 2.45) is 0 Å². The number of ether oxygens (including phenoxy) is 1. The van der Waals surface area contributed by atoms with Gasteiger partial charge in [-0.05, 0) is 31.9 Å². The van der Waals surface area contributed by atoms with Gasteiger partial charge >= 0.3 is 6.18 Å². The molecule has 1 aliphatic heterocycles. The summed E-state index contributed by atoms with van der Waals surface area (Å²) in [5.41, 5.74) is 0.208. The molecule has 152 valence electrons. The molecule has 1 saturated heterocycles. The molecule has 0 saturated carbocycles. The standard InChI is InChI=1S/C19H18F3N5O2/c1-12-9-15(25-18(23-12)27-7-2-3-8-27)28-11-16-24-17(26-29-16)13-5-4-6-14(10-13)19(20,21)22/h4-6,9-10H,2-3,7-8,11H2,1H3. The van der Waals surface area contributed by atoms with Crippen LogP contribution in [0.1, 0.15) is 30.0 Å². The van der Waals surface area contributed by atoms with Crippen molar-refractivity contribution >= 4 is 5.95 Å². The van der Waals surface area contributed by atoms with Crippen LogP contribution in [0.15, 0.2) is 34.9 Å². The van der Waals surface area contributed by atoms with Crippen molar-refractivity contribution in [3.63, 3.8) is 0 Å². The molecular formula is C19H18F3N5O2. The second kappa shape index (κ2) is 7.69. The number of halogens is 3. The second-order valence-electron chi connectivity index (χ2n) is 6.72. The van der Waals surface area contributed by atoms with Gasteiger partial charge in [0.05, 0.1) is 5.56 Å². The van der Waals surface area contributed by atoms with Gasteiger partial charge in [0.2, 0.25) is 17.7 Å². The monoisotopic (exact) mass is 405 g/mol. The molecule has 10 heteroatoms. The van der Waals surface area contributed by atoms with E-state index in [0.29, 0.717) is 11.8 Å². The van der Waals surface area contributed by atoms with Crippen LogP contribution in [0.25, 0.3) is 11.4 Å². The number of hydrogen-bond donors (Lipinski definition) is 0. The number of aryl methyl sites for hydroxylation is 1. The number of rotatable bonds is 5. The molecule has 4 rings (SSSR count). The number of alkyl halides is 3. The zero-order valence-electron chi connectivity index (χ0n) is 15.6. The summed E-state index contributed by atoms with van der Waals surface area (Å²) < 4.78 is 49.4. The smallest absolute Gasteiger partial charge is 0.416 e. The fourth-order valence-electron chi connectivity index (χ4n) is 3.06. The third-order valence-electron chi connectivity index (χ3n) is 4.47. The van der Waals surface area contributed by atoms with Crippen molar-refractivity contribution in [3.8, 4) is 17.3 Å². The Balaban J connectivity index is 1.46. The maximum atomic E-state index is 12.9. The summed E-state index contributed by atoms with van der Waals surface area (Å²) in [4.78, 5) is 15.1. The third-order valence-corrected chi connectivity index (χ3v) is 4.47. The van der Waals surface area contributed by atoms with Crippen molar-refractivity contribution in [2.45, 2.75) is 32.5 Å². The van der Waals surface area contributed by atoms with Gasteiger partial charge in [-0.1, -0.05) is 17.3 Å². The summed E-state index contributed by atoms with van der Waals surface area (Å²) in [5, 5.41) is 3.75. The average molecular weight is 405 g/mol. The van der Waals surface area contributed by atoms with Crippen LogP contribution >= 0.6 is 0 Å². The Bertz CT molecular complexity index is 1000. The lowest BCUT2D eigenvalue weighted by atomic mass is 10.1. The fraction of sp³-hybridized carbons (Fsp3) is 0.368. The number of benzene rings is 1. The Morgan fingerprint density at radius 2 is 1.90 bits per heavy atom. The van der Waals surface area contributed by atoms with E-state index in [1.54, 1.807) is 6.07 Å². The topological polar surface area (TPSA) is 77.2 Å². The van der Waals surface area contributed by atoms with Gasteiger partial charge in [0.15, 0.2) is 6.61 Å². The maximum absolute atomic E-state index is 12.9. The number of nitrogens with zero attached hydrogens (tertiary/aromatic N) is 5. The Hall–Kier alpha value is -3.17. The van der Waals surface area contributed by atoms with E-state index in [1.807, 2.05) is 6.92 Å². The van der Waals surface area contributed by atoms with E-state index < -0.39 is 11.7 Å². The van der Waals surface area contributed by atoms with Crippen molar-refractivity contribution < 1.29 is 22.4 Å². The maximum Gasteiger partial charge on any atom is 0.416 e. The molecule has 1 aromatic carbocycles. The Morgan fingerprint density at radius 3 is 2.66 bits per heavy atom. The molecule has 1 fully saturated rings. The molecular weight excluding hydrogens is 387 g/mol. The molecule has 29 heavy (non-hydrogen) atoms. The molecule has 0 amide bonds. The first-order valence-electron chi connectivity index (χ1n) is 9.12. The predicted molar refractivity (Wildman–Crippen MR) is 97.3 cm³/mol. The normalized spacial score (nSPS) is 14.4. The quantitative estimate of drug-likeness (QED) is 0.634. The van der Waals surface area contributed by atoms with E-state index in [9.17, 15) is 13.2 Å². The van der Waals surface area contributed by atoms with E-state index in [4.69, 9.17) is 9.26 Å². The van der Waals surface area contributed by atoms with Crippen molar-refractivity contribution in [3.05, 3.63) is 47.5 Å². The fourth-order valence-corrected chi connectivity index (χ4v) is 3.06. The highest BCUT2D eigenvalue weighted by Gasteiger charge is 2.30. The second-order valence-corrected chi connectivity index (χ2v) is 6.72. The SMILES string of the molecule is Cc1cc(OCc2nc(-c3cccc(C(F)(F)F)c3)no2)nc(N2CCCC2)n1. The van der Waals surface area contributed by atoms with Crippen LogP contribution in [0.3, 0.4) is 0 Å². The van der Waals surface area contributed by atoms with Gasteiger partial charge < -0.3 is 14.2 Å². The predicted octanol–water partition coefficient (Wildman–Crippen LogP) is 4.03. The summed E-state index contributed by atoms with van der Waals surface area (Å²) in [6, 6.07) is 6.45. The molecule has 0 N–H and O–H groups in total. The molecule has 0 radical (unpaired) electrons. The molecule has 7 nitrogen and oxygen atoms in total. The molecule has 3 aromatic rings. The van der Waals surface area contributed by atoms with Crippen LogP contribution in [-0.2, 0) is 12.8 Å². The molecule has 2 aromatic heterocycles. The minimum absolute atomic E-state index is 0.0537. The van der Waals surface area contributed by atoms with E-state index >= 15 is 0 Å². The summed E-state index contributed by atoms with van der Waals surface area (Å²) in [7, 11) is 0. The summed E-state index contributed by atoms with van der Waals surface area (Å²) in [5.74, 6) is 1.19. The van der Waals surface area contributed by atoms with Crippen molar-refractivity contribution in [1.29, 1.82) is 0 Å². The molecule has 3 heterocycles. The highest BCUT2D eigenvalue weighted by molar-refractivity contribution is 5.55. The molecule has 0 atom stereocenters. The molecule has 0 aliphatic carbocycles. The molecule has 0 bridgehead atoms. The Labute approximate surface area is 164 Å². The van der Waals surface area contributed by atoms with Crippen LogP contribution in [0.5, 0.6) is 5.88 Å². The Morgan fingerprint density at radius 1 is 1.10 bits per heavy atom. The lowest BCUT2D eigenvalue weighted by Crippen LogP contribution is -2.21. The summed E-state index contributed by atoms with van der Waals surface area (Å²) in [6.07, 6.45) is -2.23. The minimum atomic E-state index is -4.44. The van der Waals surface area contributed by atoms with Gasteiger partial charge in [-0.3, -0.25) is 0 Å². The number of aromatic nitrogens is 4. The first-order valence-corrected chi connectivity index (χ1v) is 9.12. The number of anilines is 1. The van der Waals surface area contributed by atoms with Gasteiger partial charge in [-0.2, -0.15) is 23.1 Å². The van der Waals surface area contributed by atoms with E-state index in [1.165, 1.54) is 12.1 Å². The van der Waals surface area contributed by atoms with Gasteiger partial charge in [-0.15, -0.1) is 0 Å². The molecule has 0 unspecified atom stereocenters. The lowest BCUT2D eigenvalue weighted by molar-refractivity contribution is -0.137. The van der Waals surface area contributed by atoms with Crippen LogP contribution in [0.2, 0.25) is 0 Å². The Kier molecular flexibility index (Phi) is 5.08. The number of hydrogen-bond acceptors (Lipinski definition) is 7. The van der Waals surface area contributed by atoms with Crippen LogP contribution in [0.4, 0.5) is 19.1 Å². The lowest BCUT2D eigenvalue weighted by Gasteiger charge is -2.16. The van der Waals surface area contributed by atoms with Gasteiger partial charge in [-0.25, -0.2) is 4.98 Å². The average Bonchev–Trinajstić information content (AvgIpc) is 3.38. The third kappa shape index (κ3) is 4.47. The van der Waals surface area contributed by atoms with Crippen LogP contribution < -0.4 is 9.64 Å². The highest BCUT2D eigenvalue weighted by Crippen LogP contribution is 2.31.